The molecule has 402 valence electrons. The van der Waals surface area contributed by atoms with Gasteiger partial charge in [0.15, 0.2) is 6.29 Å². The maximum atomic E-state index is 7.17. The van der Waals surface area contributed by atoms with Crippen molar-refractivity contribution in [2.45, 2.75) is 108 Å². The predicted molar refractivity (Wildman–Crippen MR) is 297 cm³/mol. The molecule has 11 nitrogen and oxygen atoms in total. The predicted octanol–water partition coefficient (Wildman–Crippen LogP) is 12.3. The average molecular weight is 1050 g/mol. The minimum absolute atomic E-state index is 0.0426. The molecule has 0 aromatic heterocycles. The Kier molecular flexibility index (Phi) is 20.4. The van der Waals surface area contributed by atoms with Crippen molar-refractivity contribution in [3.05, 3.63) is 282 Å². The van der Waals surface area contributed by atoms with E-state index in [0.29, 0.717) is 19.0 Å². The molecule has 2 aliphatic rings. The lowest BCUT2D eigenvalue weighted by atomic mass is 9.96. The summed E-state index contributed by atoms with van der Waals surface area (Å²) in [5.41, 5.74) is 6.94. The average Bonchev–Trinajstić information content (AvgIpc) is 3.52. The molecule has 0 N–H and O–H groups in total. The van der Waals surface area contributed by atoms with Gasteiger partial charge in [-0.25, -0.2) is 0 Å². The Morgan fingerprint density at radius 2 is 0.513 bits per heavy atom. The molecule has 78 heavy (non-hydrogen) atoms. The first-order chi connectivity index (χ1) is 38.7. The van der Waals surface area contributed by atoms with Crippen LogP contribution in [0.25, 0.3) is 0 Å². The van der Waals surface area contributed by atoms with Crippen LogP contribution < -0.4 is 4.74 Å². The van der Waals surface area contributed by atoms with Crippen LogP contribution in [0.4, 0.5) is 0 Å². The molecule has 8 aromatic carbocycles. The van der Waals surface area contributed by atoms with Gasteiger partial charge in [0.1, 0.15) is 54.6 Å². The third kappa shape index (κ3) is 15.9. The maximum absolute atomic E-state index is 7.17. The van der Waals surface area contributed by atoms with E-state index in [9.17, 15) is 0 Å². The Hall–Kier alpha value is -6.84. The highest BCUT2D eigenvalue weighted by atomic mass is 16.8. The molecule has 0 amide bonds. The zero-order valence-electron chi connectivity index (χ0n) is 43.7. The molecule has 2 heterocycles. The summed E-state index contributed by atoms with van der Waals surface area (Å²) in [4.78, 5) is 0. The summed E-state index contributed by atoms with van der Waals surface area (Å²) in [6.45, 7) is 2.08. The largest absolute Gasteiger partial charge is 0.462 e. The number of ether oxygens (including phenoxy) is 11. The van der Waals surface area contributed by atoms with Gasteiger partial charge in [0.25, 0.3) is 0 Å². The topological polar surface area (TPSA) is 102 Å². The van der Waals surface area contributed by atoms with Gasteiger partial charge in [0.2, 0.25) is 6.29 Å². The van der Waals surface area contributed by atoms with Crippen molar-refractivity contribution in [2.75, 3.05) is 13.2 Å². The van der Waals surface area contributed by atoms with Crippen molar-refractivity contribution in [3.63, 3.8) is 0 Å². The van der Waals surface area contributed by atoms with Gasteiger partial charge < -0.3 is 52.1 Å². The van der Waals surface area contributed by atoms with Crippen LogP contribution in [0.5, 0.6) is 5.75 Å². The van der Waals surface area contributed by atoms with E-state index in [4.69, 9.17) is 52.1 Å². The minimum atomic E-state index is -1.03. The fourth-order valence-electron chi connectivity index (χ4n) is 9.68. The summed E-state index contributed by atoms with van der Waals surface area (Å²) in [5.74, 6) is 0.601. The molecular formula is C67H68O11. The molecule has 2 saturated heterocycles. The van der Waals surface area contributed by atoms with Crippen LogP contribution in [0, 0.1) is 0 Å². The van der Waals surface area contributed by atoms with Crippen LogP contribution in [-0.2, 0) is 93.6 Å². The summed E-state index contributed by atoms with van der Waals surface area (Å²) >= 11 is 0. The summed E-state index contributed by atoms with van der Waals surface area (Å²) in [6.07, 6.45) is -7.95. The highest BCUT2D eigenvalue weighted by molar-refractivity contribution is 5.23. The normalized spacial score (nSPS) is 23.1. The van der Waals surface area contributed by atoms with Crippen molar-refractivity contribution in [3.8, 4) is 5.75 Å². The SMILES string of the molecule is c1ccc(COC[C@H]2O[C@H](OC[C@H]3O[C@H](Oc4ccccc4)[C@@H](OCc4ccccc4)[C@@H](OCc4ccccc4)[C@@H]3OCc3ccccc3)[C@@H](OCc3ccccc3)[C@@H](OCc3ccccc3)[C@@H]2OCc2ccccc2)cc1. The Morgan fingerprint density at radius 1 is 0.244 bits per heavy atom. The fourth-order valence-corrected chi connectivity index (χ4v) is 9.68. The minimum Gasteiger partial charge on any atom is -0.462 e. The van der Waals surface area contributed by atoms with Gasteiger partial charge in [-0.15, -0.1) is 0 Å². The Bertz CT molecular complexity index is 2870. The van der Waals surface area contributed by atoms with Gasteiger partial charge in [0.05, 0.1) is 59.5 Å². The second-order valence-corrected chi connectivity index (χ2v) is 19.4. The van der Waals surface area contributed by atoms with Crippen molar-refractivity contribution < 1.29 is 52.1 Å². The molecule has 10 rings (SSSR count). The van der Waals surface area contributed by atoms with Gasteiger partial charge >= 0.3 is 0 Å². The van der Waals surface area contributed by atoms with E-state index in [0.717, 1.165) is 38.9 Å². The van der Waals surface area contributed by atoms with Gasteiger partial charge in [-0.2, -0.15) is 0 Å². The number of benzene rings is 8. The lowest BCUT2D eigenvalue weighted by Crippen LogP contribution is -2.64. The second-order valence-electron chi connectivity index (χ2n) is 19.4. The van der Waals surface area contributed by atoms with Crippen molar-refractivity contribution in [2.24, 2.45) is 0 Å². The van der Waals surface area contributed by atoms with Crippen molar-refractivity contribution >= 4 is 0 Å². The first kappa shape index (κ1) is 54.5. The highest BCUT2D eigenvalue weighted by Gasteiger charge is 2.53. The molecule has 0 radical (unpaired) electrons. The Labute approximate surface area is 458 Å². The number of para-hydroxylation sites is 1. The maximum Gasteiger partial charge on any atom is 0.229 e. The monoisotopic (exact) mass is 1050 g/mol. The summed E-state index contributed by atoms with van der Waals surface area (Å²) in [5, 5.41) is 0. The summed E-state index contributed by atoms with van der Waals surface area (Å²) in [7, 11) is 0. The molecule has 0 saturated carbocycles. The lowest BCUT2D eigenvalue weighted by Gasteiger charge is -2.48. The van der Waals surface area contributed by atoms with Gasteiger partial charge in [-0.3, -0.25) is 0 Å². The molecule has 11 heteroatoms. The zero-order chi connectivity index (χ0) is 52.8. The summed E-state index contributed by atoms with van der Waals surface area (Å²) in [6, 6.07) is 80.1. The molecule has 0 aliphatic carbocycles. The molecule has 8 aromatic rings. The van der Waals surface area contributed by atoms with Crippen LogP contribution in [-0.4, -0.2) is 74.6 Å². The van der Waals surface area contributed by atoms with Gasteiger partial charge in [0, 0.05) is 0 Å². The standard InChI is InChI=1S/C67H68O11/c1-9-25-50(26-10-1)41-68-48-58-60(69-42-51-27-11-2-12-28-51)62(71-44-53-31-15-4-16-32-53)64(73-46-55-35-19-6-20-36-55)66(77-58)75-49-59-61(70-43-52-29-13-3-14-30-52)63(72-45-54-33-17-5-18-34-54)65(74-47-56-37-21-7-22-38-56)67(78-59)76-57-39-23-8-24-40-57/h1-40,58-67H,41-49H2/t58-,59-,60-,61-,62+,63+,64+,65+,66+,67+/m1/s1. The number of rotatable bonds is 27. The highest BCUT2D eigenvalue weighted by Crippen LogP contribution is 2.36. The number of hydrogen-bond acceptors (Lipinski definition) is 11. The Morgan fingerprint density at radius 3 is 0.872 bits per heavy atom. The molecule has 0 unspecified atom stereocenters. The fraction of sp³-hybridized carbons (Fsp3) is 0.284. The van der Waals surface area contributed by atoms with Crippen LogP contribution in [0.15, 0.2) is 243 Å². The second kappa shape index (κ2) is 29.2. The van der Waals surface area contributed by atoms with E-state index in [1.165, 1.54) is 0 Å². The third-order valence-corrected chi connectivity index (χ3v) is 13.7. The van der Waals surface area contributed by atoms with Crippen molar-refractivity contribution in [1.82, 2.24) is 0 Å². The molecule has 0 spiro atoms. The van der Waals surface area contributed by atoms with Crippen LogP contribution in [0.1, 0.15) is 38.9 Å². The van der Waals surface area contributed by atoms with E-state index < -0.39 is 61.4 Å². The van der Waals surface area contributed by atoms with Crippen LogP contribution in [0.3, 0.4) is 0 Å². The first-order valence-electron chi connectivity index (χ1n) is 26.9. The molecular weight excluding hydrogens is 981 g/mol. The Balaban J connectivity index is 1.01. The van der Waals surface area contributed by atoms with E-state index in [-0.39, 0.29) is 46.2 Å². The van der Waals surface area contributed by atoms with Gasteiger partial charge in [-0.1, -0.05) is 231 Å². The summed E-state index contributed by atoms with van der Waals surface area (Å²) < 4.78 is 76.9. The smallest absolute Gasteiger partial charge is 0.229 e. The third-order valence-electron chi connectivity index (χ3n) is 13.7. The first-order valence-corrected chi connectivity index (χ1v) is 26.9. The van der Waals surface area contributed by atoms with Gasteiger partial charge in [-0.05, 0) is 51.1 Å². The molecule has 0 bridgehead atoms. The molecule has 10 atom stereocenters. The van der Waals surface area contributed by atoms with E-state index in [2.05, 4.69) is 0 Å². The number of hydrogen-bond donors (Lipinski definition) is 0. The molecule has 2 fully saturated rings. The quantitative estimate of drug-likeness (QED) is 0.0492. The van der Waals surface area contributed by atoms with E-state index in [1.54, 1.807) is 0 Å². The molecule has 2 aliphatic heterocycles. The zero-order valence-corrected chi connectivity index (χ0v) is 43.7. The van der Waals surface area contributed by atoms with E-state index >= 15 is 0 Å². The van der Waals surface area contributed by atoms with Crippen LogP contribution in [0.2, 0.25) is 0 Å². The lowest BCUT2D eigenvalue weighted by molar-refractivity contribution is -0.346. The van der Waals surface area contributed by atoms with E-state index in [1.807, 2.05) is 243 Å². The van der Waals surface area contributed by atoms with Crippen LogP contribution >= 0.6 is 0 Å². The van der Waals surface area contributed by atoms with Crippen molar-refractivity contribution in [1.29, 1.82) is 0 Å².